The van der Waals surface area contributed by atoms with Gasteiger partial charge in [-0.3, -0.25) is 0 Å². The van der Waals surface area contributed by atoms with Crippen LogP contribution in [0.5, 0.6) is 0 Å². The van der Waals surface area contributed by atoms with Gasteiger partial charge in [0.1, 0.15) is 12.5 Å². The lowest BCUT2D eigenvalue weighted by atomic mass is 9.71. The molecule has 1 unspecified atom stereocenters. The molecule has 2 aliphatic rings. The maximum atomic E-state index is 12.6. The van der Waals surface area contributed by atoms with E-state index in [0.717, 1.165) is 19.1 Å². The summed E-state index contributed by atoms with van der Waals surface area (Å²) in [6.07, 6.45) is 2.82. The lowest BCUT2D eigenvalue weighted by molar-refractivity contribution is -0.171. The van der Waals surface area contributed by atoms with Crippen LogP contribution >= 0.6 is 0 Å². The van der Waals surface area contributed by atoms with E-state index in [1.54, 1.807) is 0 Å². The SMILES string of the molecule is O=CC1CCOC2(CC(F)C2)C1. The molecule has 1 heterocycles. The first-order chi connectivity index (χ1) is 5.74. The number of halogens is 1. The normalized spacial score (nSPS) is 47.1. The lowest BCUT2D eigenvalue weighted by Crippen LogP contribution is -2.51. The molecule has 0 bridgehead atoms. The van der Waals surface area contributed by atoms with Gasteiger partial charge in [0, 0.05) is 25.4 Å². The third-order valence-corrected chi connectivity index (χ3v) is 2.91. The molecule has 1 aliphatic carbocycles. The number of rotatable bonds is 1. The number of hydrogen-bond donors (Lipinski definition) is 0. The Morgan fingerprint density at radius 3 is 2.75 bits per heavy atom. The summed E-state index contributed by atoms with van der Waals surface area (Å²) in [5.41, 5.74) is -0.261. The average molecular weight is 172 g/mol. The zero-order valence-corrected chi connectivity index (χ0v) is 6.96. The molecule has 68 valence electrons. The Hall–Kier alpha value is -0.440. The van der Waals surface area contributed by atoms with Crippen LogP contribution in [0.3, 0.4) is 0 Å². The van der Waals surface area contributed by atoms with Crippen molar-refractivity contribution >= 4 is 6.29 Å². The fraction of sp³-hybridized carbons (Fsp3) is 0.889. The zero-order valence-electron chi connectivity index (χ0n) is 6.96. The first-order valence-corrected chi connectivity index (χ1v) is 4.47. The summed E-state index contributed by atoms with van der Waals surface area (Å²) >= 11 is 0. The highest BCUT2D eigenvalue weighted by molar-refractivity contribution is 5.54. The molecule has 1 aliphatic heterocycles. The van der Waals surface area contributed by atoms with Crippen LogP contribution in [0.2, 0.25) is 0 Å². The van der Waals surface area contributed by atoms with Crippen molar-refractivity contribution in [2.75, 3.05) is 6.61 Å². The van der Waals surface area contributed by atoms with Gasteiger partial charge in [-0.05, 0) is 12.8 Å². The maximum absolute atomic E-state index is 12.6. The molecule has 0 aromatic carbocycles. The summed E-state index contributed by atoms with van der Waals surface area (Å²) in [6.45, 7) is 0.621. The Kier molecular flexibility index (Phi) is 1.91. The van der Waals surface area contributed by atoms with E-state index in [-0.39, 0.29) is 11.5 Å². The van der Waals surface area contributed by atoms with E-state index in [1.807, 2.05) is 0 Å². The maximum Gasteiger partial charge on any atom is 0.123 e. The average Bonchev–Trinajstić information content (AvgIpc) is 2.02. The molecule has 0 N–H and O–H groups in total. The van der Waals surface area contributed by atoms with E-state index in [1.165, 1.54) is 0 Å². The summed E-state index contributed by atoms with van der Waals surface area (Å²) in [5.74, 6) is 0.103. The smallest absolute Gasteiger partial charge is 0.123 e. The van der Waals surface area contributed by atoms with Crippen molar-refractivity contribution in [3.63, 3.8) is 0 Å². The highest BCUT2D eigenvalue weighted by Crippen LogP contribution is 2.45. The van der Waals surface area contributed by atoms with Crippen molar-refractivity contribution in [2.45, 2.75) is 37.5 Å². The van der Waals surface area contributed by atoms with E-state index in [9.17, 15) is 9.18 Å². The molecular formula is C9H13FO2. The summed E-state index contributed by atoms with van der Waals surface area (Å²) in [5, 5.41) is 0. The molecule has 12 heavy (non-hydrogen) atoms. The number of carbonyl (C=O) groups excluding carboxylic acids is 1. The summed E-state index contributed by atoms with van der Waals surface area (Å²) < 4.78 is 18.1. The third kappa shape index (κ3) is 1.26. The van der Waals surface area contributed by atoms with Gasteiger partial charge in [0.15, 0.2) is 0 Å². The van der Waals surface area contributed by atoms with E-state index >= 15 is 0 Å². The number of alkyl halides is 1. The highest BCUT2D eigenvalue weighted by Gasteiger charge is 2.48. The quantitative estimate of drug-likeness (QED) is 0.560. The topological polar surface area (TPSA) is 26.3 Å². The Balaban J connectivity index is 1.95. The molecule has 1 saturated heterocycles. The predicted octanol–water partition coefficient (Wildman–Crippen LogP) is 1.48. The monoisotopic (exact) mass is 172 g/mol. The van der Waals surface area contributed by atoms with Gasteiger partial charge < -0.3 is 9.53 Å². The van der Waals surface area contributed by atoms with Gasteiger partial charge >= 0.3 is 0 Å². The van der Waals surface area contributed by atoms with Crippen molar-refractivity contribution in [2.24, 2.45) is 5.92 Å². The van der Waals surface area contributed by atoms with Crippen LogP contribution in [0.15, 0.2) is 0 Å². The Bertz CT molecular complexity index is 181. The third-order valence-electron chi connectivity index (χ3n) is 2.91. The van der Waals surface area contributed by atoms with Gasteiger partial charge in [-0.2, -0.15) is 0 Å². The predicted molar refractivity (Wildman–Crippen MR) is 41.6 cm³/mol. The van der Waals surface area contributed by atoms with E-state index in [4.69, 9.17) is 4.74 Å². The zero-order chi connectivity index (χ0) is 8.60. The first-order valence-electron chi connectivity index (χ1n) is 4.47. The molecule has 0 aromatic rings. The molecule has 2 rings (SSSR count). The Labute approximate surface area is 71.1 Å². The van der Waals surface area contributed by atoms with Gasteiger partial charge in [-0.15, -0.1) is 0 Å². The molecule has 1 spiro atoms. The molecule has 0 radical (unpaired) electrons. The van der Waals surface area contributed by atoms with E-state index < -0.39 is 6.17 Å². The number of ether oxygens (including phenoxy) is 1. The minimum Gasteiger partial charge on any atom is -0.375 e. The fourth-order valence-corrected chi connectivity index (χ4v) is 2.21. The molecule has 1 atom stereocenters. The minimum atomic E-state index is -0.699. The Morgan fingerprint density at radius 2 is 2.17 bits per heavy atom. The summed E-state index contributed by atoms with van der Waals surface area (Å²) in [7, 11) is 0. The summed E-state index contributed by atoms with van der Waals surface area (Å²) in [6, 6.07) is 0. The van der Waals surface area contributed by atoms with Gasteiger partial charge in [0.2, 0.25) is 0 Å². The largest absolute Gasteiger partial charge is 0.375 e. The van der Waals surface area contributed by atoms with Gasteiger partial charge in [0.25, 0.3) is 0 Å². The molecular weight excluding hydrogens is 159 g/mol. The Morgan fingerprint density at radius 1 is 1.42 bits per heavy atom. The molecule has 2 nitrogen and oxygen atoms in total. The van der Waals surface area contributed by atoms with Crippen LogP contribution in [0.25, 0.3) is 0 Å². The van der Waals surface area contributed by atoms with Crippen molar-refractivity contribution in [1.29, 1.82) is 0 Å². The number of carbonyl (C=O) groups is 1. The molecule has 3 heteroatoms. The molecule has 1 saturated carbocycles. The minimum absolute atomic E-state index is 0.103. The highest BCUT2D eigenvalue weighted by atomic mass is 19.1. The van der Waals surface area contributed by atoms with Gasteiger partial charge in [-0.25, -0.2) is 4.39 Å². The van der Waals surface area contributed by atoms with Crippen LogP contribution in [-0.2, 0) is 9.53 Å². The molecule has 0 amide bonds. The second-order valence-electron chi connectivity index (χ2n) is 3.93. The second-order valence-corrected chi connectivity index (χ2v) is 3.93. The standard InChI is InChI=1S/C9H13FO2/c10-8-4-9(5-8)3-7(6-11)1-2-12-9/h6-8H,1-5H2. The van der Waals surface area contributed by atoms with Gasteiger partial charge in [0.05, 0.1) is 5.60 Å². The van der Waals surface area contributed by atoms with Crippen LogP contribution in [0.1, 0.15) is 25.7 Å². The fourth-order valence-electron chi connectivity index (χ4n) is 2.21. The van der Waals surface area contributed by atoms with Crippen LogP contribution in [0, 0.1) is 5.92 Å². The molecule has 2 fully saturated rings. The van der Waals surface area contributed by atoms with Gasteiger partial charge in [-0.1, -0.05) is 0 Å². The van der Waals surface area contributed by atoms with Crippen LogP contribution in [0.4, 0.5) is 4.39 Å². The van der Waals surface area contributed by atoms with Crippen molar-refractivity contribution in [1.82, 2.24) is 0 Å². The van der Waals surface area contributed by atoms with E-state index in [0.29, 0.717) is 19.4 Å². The van der Waals surface area contributed by atoms with Crippen molar-refractivity contribution in [3.8, 4) is 0 Å². The second kappa shape index (κ2) is 2.80. The van der Waals surface area contributed by atoms with Crippen molar-refractivity contribution in [3.05, 3.63) is 0 Å². The molecule has 0 aromatic heterocycles. The number of hydrogen-bond acceptors (Lipinski definition) is 2. The lowest BCUT2D eigenvalue weighted by Gasteiger charge is -2.47. The first kappa shape index (κ1) is 8.17. The van der Waals surface area contributed by atoms with Crippen LogP contribution in [-0.4, -0.2) is 24.7 Å². The summed E-state index contributed by atoms with van der Waals surface area (Å²) in [4.78, 5) is 10.5. The number of aldehydes is 1. The van der Waals surface area contributed by atoms with E-state index in [2.05, 4.69) is 0 Å². The van der Waals surface area contributed by atoms with Crippen LogP contribution < -0.4 is 0 Å². The van der Waals surface area contributed by atoms with Crippen molar-refractivity contribution < 1.29 is 13.9 Å².